The fourth-order valence-corrected chi connectivity index (χ4v) is 1.87. The van der Waals surface area contributed by atoms with Gasteiger partial charge in [0, 0.05) is 17.3 Å². The molecule has 3 aromatic rings. The highest BCUT2D eigenvalue weighted by Gasteiger charge is 2.08. The third-order valence-electron chi connectivity index (χ3n) is 2.86. The van der Waals surface area contributed by atoms with Crippen LogP contribution in [0.5, 0.6) is 5.75 Å². The number of methoxy groups -OCH3 is 1. The van der Waals surface area contributed by atoms with E-state index in [1.54, 1.807) is 13.2 Å². The van der Waals surface area contributed by atoms with Crippen LogP contribution in [-0.2, 0) is 0 Å². The van der Waals surface area contributed by atoms with Crippen LogP contribution in [0.25, 0.3) is 22.4 Å². The summed E-state index contributed by atoms with van der Waals surface area (Å²) in [7, 11) is 1.60. The number of ether oxygens (including phenoxy) is 1. The molecule has 0 amide bonds. The molecule has 0 radical (unpaired) electrons. The quantitative estimate of drug-likeness (QED) is 0.708. The third kappa shape index (κ3) is 2.06. The van der Waals surface area contributed by atoms with E-state index >= 15 is 0 Å². The van der Waals surface area contributed by atoms with Crippen LogP contribution < -0.4 is 10.5 Å². The monoisotopic (exact) mass is 252 g/mol. The highest BCUT2D eigenvalue weighted by atomic mass is 16.5. The number of nitrogens with two attached hydrogens (primary N) is 1. The highest BCUT2D eigenvalue weighted by Crippen LogP contribution is 2.27. The maximum atomic E-state index is 5.99. The van der Waals surface area contributed by atoms with E-state index in [1.165, 1.54) is 0 Å². The van der Waals surface area contributed by atoms with Gasteiger partial charge >= 0.3 is 0 Å². The van der Waals surface area contributed by atoms with Crippen molar-refractivity contribution in [3.8, 4) is 17.1 Å². The van der Waals surface area contributed by atoms with Crippen molar-refractivity contribution in [1.82, 2.24) is 15.2 Å². The predicted octanol–water partition coefficient (Wildman–Crippen LogP) is 2.28. The van der Waals surface area contributed by atoms with Gasteiger partial charge in [0.05, 0.1) is 12.6 Å². The first-order valence-electron chi connectivity index (χ1n) is 5.81. The molecule has 2 N–H and O–H groups in total. The number of para-hydroxylation sites is 1. The summed E-state index contributed by atoms with van der Waals surface area (Å²) in [5, 5.41) is 8.25. The molecule has 2 aromatic carbocycles. The molecule has 0 spiro atoms. The van der Waals surface area contributed by atoms with Gasteiger partial charge in [0.1, 0.15) is 11.3 Å². The van der Waals surface area contributed by atoms with Crippen LogP contribution in [0.1, 0.15) is 0 Å². The van der Waals surface area contributed by atoms with Gasteiger partial charge in [0.15, 0.2) is 5.82 Å². The first kappa shape index (κ1) is 11.4. The topological polar surface area (TPSA) is 73.9 Å². The first-order chi connectivity index (χ1) is 9.28. The number of rotatable bonds is 2. The fourth-order valence-electron chi connectivity index (χ4n) is 1.87. The van der Waals surface area contributed by atoms with E-state index in [0.29, 0.717) is 17.3 Å². The minimum absolute atomic E-state index is 0.513. The van der Waals surface area contributed by atoms with Crippen molar-refractivity contribution >= 4 is 16.7 Å². The fraction of sp³-hybridized carbons (Fsp3) is 0.0714. The lowest BCUT2D eigenvalue weighted by molar-refractivity contribution is 0.415. The minimum Gasteiger partial charge on any atom is -0.497 e. The zero-order chi connectivity index (χ0) is 13.2. The number of benzene rings is 2. The Morgan fingerprint density at radius 3 is 2.53 bits per heavy atom. The van der Waals surface area contributed by atoms with Crippen LogP contribution in [0.3, 0.4) is 0 Å². The zero-order valence-electron chi connectivity index (χ0n) is 10.4. The standard InChI is InChI=1S/C14H12N4O/c1-19-9-6-7-10(11(15)8-9)14-16-12-4-2-3-5-13(12)17-18-14/h2-8H,15H2,1H3. The van der Waals surface area contributed by atoms with Gasteiger partial charge in [-0.15, -0.1) is 10.2 Å². The zero-order valence-corrected chi connectivity index (χ0v) is 10.4. The Kier molecular flexibility index (Phi) is 2.72. The van der Waals surface area contributed by atoms with Crippen molar-refractivity contribution in [2.45, 2.75) is 0 Å². The third-order valence-corrected chi connectivity index (χ3v) is 2.86. The largest absolute Gasteiger partial charge is 0.497 e. The second kappa shape index (κ2) is 4.53. The van der Waals surface area contributed by atoms with Gasteiger partial charge in [-0.3, -0.25) is 0 Å². The van der Waals surface area contributed by atoms with Crippen molar-refractivity contribution in [3.05, 3.63) is 42.5 Å². The van der Waals surface area contributed by atoms with Gasteiger partial charge in [0.25, 0.3) is 0 Å². The molecular formula is C14H12N4O. The van der Waals surface area contributed by atoms with E-state index in [1.807, 2.05) is 36.4 Å². The lowest BCUT2D eigenvalue weighted by Gasteiger charge is -2.06. The van der Waals surface area contributed by atoms with E-state index in [0.717, 1.165) is 16.6 Å². The second-order valence-electron chi connectivity index (χ2n) is 4.08. The maximum Gasteiger partial charge on any atom is 0.184 e. The number of aromatic nitrogens is 3. The Bertz CT molecular complexity index is 742. The van der Waals surface area contributed by atoms with Crippen molar-refractivity contribution in [2.75, 3.05) is 12.8 Å². The molecule has 0 unspecified atom stereocenters. The summed E-state index contributed by atoms with van der Waals surface area (Å²) < 4.78 is 5.12. The Morgan fingerprint density at radius 2 is 1.79 bits per heavy atom. The molecule has 1 heterocycles. The first-order valence-corrected chi connectivity index (χ1v) is 5.81. The smallest absolute Gasteiger partial charge is 0.184 e. The highest BCUT2D eigenvalue weighted by molar-refractivity contribution is 5.78. The average molecular weight is 252 g/mol. The van der Waals surface area contributed by atoms with Crippen molar-refractivity contribution in [1.29, 1.82) is 0 Å². The van der Waals surface area contributed by atoms with Crippen LogP contribution >= 0.6 is 0 Å². The summed E-state index contributed by atoms with van der Waals surface area (Å²) in [6, 6.07) is 13.0. The van der Waals surface area contributed by atoms with Crippen LogP contribution in [0.4, 0.5) is 5.69 Å². The number of nitrogens with zero attached hydrogens (tertiary/aromatic N) is 3. The second-order valence-corrected chi connectivity index (χ2v) is 4.08. The molecular weight excluding hydrogens is 240 g/mol. The van der Waals surface area contributed by atoms with Crippen molar-refractivity contribution in [2.24, 2.45) is 0 Å². The SMILES string of the molecule is COc1ccc(-c2nnc3ccccc3n2)c(N)c1. The molecule has 5 heteroatoms. The van der Waals surface area contributed by atoms with E-state index in [-0.39, 0.29) is 0 Å². The van der Waals surface area contributed by atoms with Gasteiger partial charge in [0.2, 0.25) is 0 Å². The van der Waals surface area contributed by atoms with Crippen molar-refractivity contribution < 1.29 is 4.74 Å². The van der Waals surface area contributed by atoms with Gasteiger partial charge in [-0.2, -0.15) is 0 Å². The molecule has 0 bridgehead atoms. The molecule has 1 aromatic heterocycles. The lowest BCUT2D eigenvalue weighted by Crippen LogP contribution is -1.98. The molecule has 94 valence electrons. The molecule has 0 fully saturated rings. The average Bonchev–Trinajstić information content (AvgIpc) is 2.46. The minimum atomic E-state index is 0.513. The molecule has 0 aliphatic rings. The maximum absolute atomic E-state index is 5.99. The summed E-state index contributed by atoms with van der Waals surface area (Å²) in [6.45, 7) is 0. The lowest BCUT2D eigenvalue weighted by atomic mass is 10.1. The van der Waals surface area contributed by atoms with Crippen LogP contribution in [0.2, 0.25) is 0 Å². The van der Waals surface area contributed by atoms with Crippen LogP contribution in [-0.4, -0.2) is 22.3 Å². The molecule has 0 saturated heterocycles. The van der Waals surface area contributed by atoms with Gasteiger partial charge in [-0.1, -0.05) is 12.1 Å². The van der Waals surface area contributed by atoms with E-state index < -0.39 is 0 Å². The summed E-state index contributed by atoms with van der Waals surface area (Å²) in [5.74, 6) is 1.22. The van der Waals surface area contributed by atoms with Gasteiger partial charge in [-0.25, -0.2) is 4.98 Å². The van der Waals surface area contributed by atoms with Gasteiger partial charge in [-0.05, 0) is 24.3 Å². The Hall–Kier alpha value is -2.69. The molecule has 0 atom stereocenters. The predicted molar refractivity (Wildman–Crippen MR) is 73.7 cm³/mol. The molecule has 0 aliphatic heterocycles. The number of hydrogen-bond acceptors (Lipinski definition) is 5. The molecule has 3 rings (SSSR count). The number of anilines is 1. The summed E-state index contributed by atoms with van der Waals surface area (Å²) in [6.07, 6.45) is 0. The summed E-state index contributed by atoms with van der Waals surface area (Å²) in [5.41, 5.74) is 8.86. The number of nitrogen functional groups attached to an aromatic ring is 1. The van der Waals surface area contributed by atoms with E-state index in [4.69, 9.17) is 10.5 Å². The van der Waals surface area contributed by atoms with Crippen LogP contribution in [0.15, 0.2) is 42.5 Å². The molecule has 19 heavy (non-hydrogen) atoms. The Balaban J connectivity index is 2.13. The Labute approximate surface area is 110 Å². The molecule has 0 saturated carbocycles. The summed E-state index contributed by atoms with van der Waals surface area (Å²) in [4.78, 5) is 4.47. The normalized spacial score (nSPS) is 10.6. The van der Waals surface area contributed by atoms with E-state index in [2.05, 4.69) is 15.2 Å². The number of hydrogen-bond donors (Lipinski definition) is 1. The number of fused-ring (bicyclic) bond motifs is 1. The van der Waals surface area contributed by atoms with Crippen LogP contribution in [0, 0.1) is 0 Å². The molecule has 0 aliphatic carbocycles. The Morgan fingerprint density at radius 1 is 1.00 bits per heavy atom. The summed E-state index contributed by atoms with van der Waals surface area (Å²) >= 11 is 0. The van der Waals surface area contributed by atoms with Gasteiger partial charge < -0.3 is 10.5 Å². The van der Waals surface area contributed by atoms with E-state index in [9.17, 15) is 0 Å². The molecule has 5 nitrogen and oxygen atoms in total. The van der Waals surface area contributed by atoms with Crippen molar-refractivity contribution in [3.63, 3.8) is 0 Å².